The summed E-state index contributed by atoms with van der Waals surface area (Å²) in [5, 5.41) is 8.25. The standard InChI is InChI=1S/C21H21FN4O2/c22-17-7-4-8-19(13-17)26(18-9-11-28-12-10-18)21(27)15-25-14-20(23-24-25)16-5-2-1-3-6-16/h1-8,13-14,18H,9-12,15H2. The van der Waals surface area contributed by atoms with Crippen LogP contribution in [0.5, 0.6) is 0 Å². The van der Waals surface area contributed by atoms with Gasteiger partial charge < -0.3 is 9.64 Å². The number of anilines is 1. The van der Waals surface area contributed by atoms with E-state index in [2.05, 4.69) is 10.3 Å². The normalized spacial score (nSPS) is 14.8. The number of benzene rings is 2. The number of aromatic nitrogens is 3. The van der Waals surface area contributed by atoms with Gasteiger partial charge in [-0.1, -0.05) is 41.6 Å². The number of nitrogens with zero attached hydrogens (tertiary/aromatic N) is 4. The van der Waals surface area contributed by atoms with E-state index in [0.717, 1.165) is 18.4 Å². The summed E-state index contributed by atoms with van der Waals surface area (Å²) in [6, 6.07) is 15.8. The molecule has 0 bridgehead atoms. The molecule has 6 nitrogen and oxygen atoms in total. The Morgan fingerprint density at radius 1 is 1.14 bits per heavy atom. The highest BCUT2D eigenvalue weighted by Crippen LogP contribution is 2.24. The van der Waals surface area contributed by atoms with E-state index in [1.165, 1.54) is 16.8 Å². The number of hydrogen-bond acceptors (Lipinski definition) is 4. The number of carbonyl (C=O) groups excluding carboxylic acids is 1. The van der Waals surface area contributed by atoms with E-state index in [4.69, 9.17) is 4.74 Å². The molecule has 0 atom stereocenters. The van der Waals surface area contributed by atoms with Crippen LogP contribution in [0.2, 0.25) is 0 Å². The fourth-order valence-electron chi connectivity index (χ4n) is 3.46. The molecule has 1 amide bonds. The Hall–Kier alpha value is -3.06. The minimum atomic E-state index is -0.366. The van der Waals surface area contributed by atoms with Crippen molar-refractivity contribution in [2.75, 3.05) is 18.1 Å². The molecule has 4 rings (SSSR count). The Morgan fingerprint density at radius 3 is 2.68 bits per heavy atom. The maximum absolute atomic E-state index is 13.8. The lowest BCUT2D eigenvalue weighted by Gasteiger charge is -2.34. The highest BCUT2D eigenvalue weighted by molar-refractivity contribution is 5.93. The maximum Gasteiger partial charge on any atom is 0.249 e. The molecule has 28 heavy (non-hydrogen) atoms. The molecule has 0 unspecified atom stereocenters. The summed E-state index contributed by atoms with van der Waals surface area (Å²) in [4.78, 5) is 14.8. The molecule has 144 valence electrons. The van der Waals surface area contributed by atoms with Crippen LogP contribution >= 0.6 is 0 Å². The van der Waals surface area contributed by atoms with E-state index in [1.54, 1.807) is 23.2 Å². The Morgan fingerprint density at radius 2 is 1.93 bits per heavy atom. The second kappa shape index (κ2) is 8.31. The van der Waals surface area contributed by atoms with Crippen molar-refractivity contribution in [2.24, 2.45) is 0 Å². The Bertz CT molecular complexity index is 938. The monoisotopic (exact) mass is 380 g/mol. The third kappa shape index (κ3) is 4.09. The van der Waals surface area contributed by atoms with Gasteiger partial charge in [0.1, 0.15) is 18.1 Å². The SMILES string of the molecule is O=C(Cn1cc(-c2ccccc2)nn1)N(c1cccc(F)c1)C1CCOCC1. The second-order valence-electron chi connectivity index (χ2n) is 6.75. The summed E-state index contributed by atoms with van der Waals surface area (Å²) in [5.74, 6) is -0.517. The lowest BCUT2D eigenvalue weighted by Crippen LogP contribution is -2.45. The quantitative estimate of drug-likeness (QED) is 0.681. The maximum atomic E-state index is 13.8. The van der Waals surface area contributed by atoms with E-state index in [9.17, 15) is 9.18 Å². The number of carbonyl (C=O) groups is 1. The number of rotatable bonds is 5. The van der Waals surface area contributed by atoms with Crippen molar-refractivity contribution in [3.05, 3.63) is 66.6 Å². The van der Waals surface area contributed by atoms with E-state index in [-0.39, 0.29) is 24.3 Å². The summed E-state index contributed by atoms with van der Waals surface area (Å²) in [6.07, 6.45) is 3.19. The number of amides is 1. The molecule has 1 fully saturated rings. The number of halogens is 1. The van der Waals surface area contributed by atoms with Gasteiger partial charge in [0.05, 0.1) is 6.20 Å². The first kappa shape index (κ1) is 18.3. The van der Waals surface area contributed by atoms with Gasteiger partial charge in [-0.3, -0.25) is 4.79 Å². The average molecular weight is 380 g/mol. The summed E-state index contributed by atoms with van der Waals surface area (Å²) < 4.78 is 20.7. The molecule has 3 aromatic rings. The van der Waals surface area contributed by atoms with Crippen LogP contribution in [0.1, 0.15) is 12.8 Å². The van der Waals surface area contributed by atoms with E-state index in [1.807, 2.05) is 30.3 Å². The first-order valence-corrected chi connectivity index (χ1v) is 9.31. The number of ether oxygens (including phenoxy) is 1. The summed E-state index contributed by atoms with van der Waals surface area (Å²) in [7, 11) is 0. The lowest BCUT2D eigenvalue weighted by atomic mass is 10.1. The van der Waals surface area contributed by atoms with Gasteiger partial charge in [0, 0.05) is 30.5 Å². The van der Waals surface area contributed by atoms with Crippen LogP contribution in [0.15, 0.2) is 60.8 Å². The van der Waals surface area contributed by atoms with Crippen molar-refractivity contribution >= 4 is 11.6 Å². The molecule has 0 radical (unpaired) electrons. The fourth-order valence-corrected chi connectivity index (χ4v) is 3.46. The molecule has 1 saturated heterocycles. The van der Waals surface area contributed by atoms with Crippen LogP contribution in [0.4, 0.5) is 10.1 Å². The summed E-state index contributed by atoms with van der Waals surface area (Å²) in [5.41, 5.74) is 2.20. The average Bonchev–Trinajstić information content (AvgIpc) is 3.18. The molecular formula is C21H21FN4O2. The lowest BCUT2D eigenvalue weighted by molar-refractivity contribution is -0.120. The summed E-state index contributed by atoms with van der Waals surface area (Å²) in [6.45, 7) is 1.21. The van der Waals surface area contributed by atoms with E-state index < -0.39 is 0 Å². The molecule has 0 aliphatic carbocycles. The van der Waals surface area contributed by atoms with Gasteiger partial charge in [-0.2, -0.15) is 0 Å². The Kier molecular flexibility index (Phi) is 5.43. The van der Waals surface area contributed by atoms with Crippen molar-refractivity contribution in [1.82, 2.24) is 15.0 Å². The molecule has 2 heterocycles. The Balaban J connectivity index is 1.56. The predicted molar refractivity (Wildman–Crippen MR) is 103 cm³/mol. The minimum absolute atomic E-state index is 0.0276. The minimum Gasteiger partial charge on any atom is -0.381 e. The highest BCUT2D eigenvalue weighted by atomic mass is 19.1. The van der Waals surface area contributed by atoms with Crippen molar-refractivity contribution in [3.63, 3.8) is 0 Å². The zero-order valence-corrected chi connectivity index (χ0v) is 15.4. The molecule has 0 saturated carbocycles. The molecule has 1 aromatic heterocycles. The van der Waals surface area contributed by atoms with Gasteiger partial charge in [-0.05, 0) is 31.0 Å². The van der Waals surface area contributed by atoms with Crippen LogP contribution in [0.3, 0.4) is 0 Å². The van der Waals surface area contributed by atoms with Gasteiger partial charge in [-0.25, -0.2) is 9.07 Å². The Labute approximate surface area is 162 Å². The van der Waals surface area contributed by atoms with Crippen LogP contribution < -0.4 is 4.90 Å². The van der Waals surface area contributed by atoms with Crippen molar-refractivity contribution in [2.45, 2.75) is 25.4 Å². The first-order chi connectivity index (χ1) is 13.7. The number of hydrogen-bond donors (Lipinski definition) is 0. The van der Waals surface area contributed by atoms with Crippen molar-refractivity contribution in [1.29, 1.82) is 0 Å². The van der Waals surface area contributed by atoms with Crippen LogP contribution in [0.25, 0.3) is 11.3 Å². The molecule has 7 heteroatoms. The smallest absolute Gasteiger partial charge is 0.249 e. The van der Waals surface area contributed by atoms with E-state index >= 15 is 0 Å². The third-order valence-electron chi connectivity index (χ3n) is 4.82. The third-order valence-corrected chi connectivity index (χ3v) is 4.82. The zero-order valence-electron chi connectivity index (χ0n) is 15.4. The fraction of sp³-hybridized carbons (Fsp3) is 0.286. The van der Waals surface area contributed by atoms with Crippen molar-refractivity contribution < 1.29 is 13.9 Å². The van der Waals surface area contributed by atoms with Gasteiger partial charge in [0.2, 0.25) is 5.91 Å². The highest BCUT2D eigenvalue weighted by Gasteiger charge is 2.28. The molecule has 2 aromatic carbocycles. The largest absolute Gasteiger partial charge is 0.381 e. The first-order valence-electron chi connectivity index (χ1n) is 9.31. The predicted octanol–water partition coefficient (Wildman–Crippen LogP) is 3.30. The molecule has 0 N–H and O–H groups in total. The zero-order chi connectivity index (χ0) is 19.3. The van der Waals surface area contributed by atoms with Crippen LogP contribution in [-0.2, 0) is 16.1 Å². The van der Waals surface area contributed by atoms with Gasteiger partial charge in [0.15, 0.2) is 0 Å². The van der Waals surface area contributed by atoms with Gasteiger partial charge >= 0.3 is 0 Å². The topological polar surface area (TPSA) is 60.2 Å². The molecule has 0 spiro atoms. The van der Waals surface area contributed by atoms with Crippen LogP contribution in [0, 0.1) is 5.82 Å². The van der Waals surface area contributed by atoms with Gasteiger partial charge in [-0.15, -0.1) is 5.10 Å². The van der Waals surface area contributed by atoms with Crippen molar-refractivity contribution in [3.8, 4) is 11.3 Å². The van der Waals surface area contributed by atoms with Gasteiger partial charge in [0.25, 0.3) is 0 Å². The molecule has 1 aliphatic heterocycles. The second-order valence-corrected chi connectivity index (χ2v) is 6.75. The summed E-state index contributed by atoms with van der Waals surface area (Å²) >= 11 is 0. The van der Waals surface area contributed by atoms with E-state index in [0.29, 0.717) is 24.6 Å². The molecular weight excluding hydrogens is 359 g/mol. The van der Waals surface area contributed by atoms with Crippen LogP contribution in [-0.4, -0.2) is 40.2 Å². The molecule has 1 aliphatic rings.